The van der Waals surface area contributed by atoms with E-state index in [0.29, 0.717) is 16.7 Å². The zero-order chi connectivity index (χ0) is 16.4. The van der Waals surface area contributed by atoms with Gasteiger partial charge in [0.25, 0.3) is 0 Å². The summed E-state index contributed by atoms with van der Waals surface area (Å²) in [5, 5.41) is 11.6. The van der Waals surface area contributed by atoms with Gasteiger partial charge < -0.3 is 9.53 Å². The molecule has 0 spiro atoms. The second-order valence-corrected chi connectivity index (χ2v) is 12.7. The zero-order valence-electron chi connectivity index (χ0n) is 13.7. The maximum absolute atomic E-state index is 10.4. The SMILES string of the molecule is C[C@H](c1ccc(Cl)c(Cl)c1)[C@@H](O)CO[Si](C)(C)C(C)(C)C. The Bertz CT molecular complexity index is 484. The highest BCUT2D eigenvalue weighted by Gasteiger charge is 2.37. The molecule has 0 saturated carbocycles. The molecule has 1 aromatic rings. The molecule has 120 valence electrons. The van der Waals surface area contributed by atoms with E-state index in [1.807, 2.05) is 19.1 Å². The van der Waals surface area contributed by atoms with E-state index < -0.39 is 14.4 Å². The molecule has 2 nitrogen and oxygen atoms in total. The van der Waals surface area contributed by atoms with Crippen molar-refractivity contribution in [1.82, 2.24) is 0 Å². The number of rotatable bonds is 5. The van der Waals surface area contributed by atoms with Gasteiger partial charge in [0.1, 0.15) is 0 Å². The van der Waals surface area contributed by atoms with E-state index in [1.165, 1.54) is 0 Å². The lowest BCUT2D eigenvalue weighted by Crippen LogP contribution is -2.43. The third-order valence-corrected chi connectivity index (χ3v) is 9.71. The Balaban J connectivity index is 2.71. The highest BCUT2D eigenvalue weighted by molar-refractivity contribution is 6.74. The van der Waals surface area contributed by atoms with Crippen molar-refractivity contribution in [2.75, 3.05) is 6.61 Å². The van der Waals surface area contributed by atoms with Gasteiger partial charge in [-0.25, -0.2) is 0 Å². The smallest absolute Gasteiger partial charge is 0.192 e. The van der Waals surface area contributed by atoms with Crippen LogP contribution in [0.25, 0.3) is 0 Å². The summed E-state index contributed by atoms with van der Waals surface area (Å²) in [6.07, 6.45) is -0.559. The Hall–Kier alpha value is -0.0631. The molecule has 21 heavy (non-hydrogen) atoms. The molecule has 0 aliphatic heterocycles. The lowest BCUT2D eigenvalue weighted by Gasteiger charge is -2.37. The van der Waals surface area contributed by atoms with E-state index in [9.17, 15) is 5.11 Å². The molecule has 2 atom stereocenters. The largest absolute Gasteiger partial charge is 0.414 e. The Kier molecular flexibility index (Phi) is 6.34. The average Bonchev–Trinajstić information content (AvgIpc) is 2.37. The van der Waals surface area contributed by atoms with Gasteiger partial charge in [-0.2, -0.15) is 0 Å². The van der Waals surface area contributed by atoms with Gasteiger partial charge in [0.2, 0.25) is 0 Å². The number of hydrogen-bond acceptors (Lipinski definition) is 2. The van der Waals surface area contributed by atoms with Gasteiger partial charge in [-0.15, -0.1) is 0 Å². The summed E-state index contributed by atoms with van der Waals surface area (Å²) in [5.74, 6) is -0.0514. The van der Waals surface area contributed by atoms with Crippen molar-refractivity contribution in [3.63, 3.8) is 0 Å². The molecule has 0 unspecified atom stereocenters. The summed E-state index contributed by atoms with van der Waals surface area (Å²) in [4.78, 5) is 0. The third-order valence-electron chi connectivity index (χ3n) is 4.47. The predicted molar refractivity (Wildman–Crippen MR) is 94.0 cm³/mol. The maximum Gasteiger partial charge on any atom is 0.192 e. The van der Waals surface area contributed by atoms with Crippen molar-refractivity contribution in [2.24, 2.45) is 0 Å². The zero-order valence-corrected chi connectivity index (χ0v) is 16.2. The first kappa shape index (κ1) is 19.0. The van der Waals surface area contributed by atoms with Gasteiger partial charge in [0.05, 0.1) is 22.8 Å². The van der Waals surface area contributed by atoms with Gasteiger partial charge in [-0.3, -0.25) is 0 Å². The summed E-state index contributed by atoms with van der Waals surface area (Å²) >= 11 is 12.0. The van der Waals surface area contributed by atoms with E-state index in [-0.39, 0.29) is 11.0 Å². The first-order valence-corrected chi connectivity index (χ1v) is 10.9. The molecule has 0 heterocycles. The number of benzene rings is 1. The lowest BCUT2D eigenvalue weighted by molar-refractivity contribution is 0.0818. The van der Waals surface area contributed by atoms with Crippen molar-refractivity contribution < 1.29 is 9.53 Å². The van der Waals surface area contributed by atoms with Crippen LogP contribution >= 0.6 is 23.2 Å². The topological polar surface area (TPSA) is 29.5 Å². The molecule has 1 aromatic carbocycles. The molecular formula is C16H26Cl2O2Si. The number of hydrogen-bond donors (Lipinski definition) is 1. The van der Waals surface area contributed by atoms with Crippen molar-refractivity contribution in [1.29, 1.82) is 0 Å². The van der Waals surface area contributed by atoms with Gasteiger partial charge >= 0.3 is 0 Å². The number of aliphatic hydroxyl groups excluding tert-OH is 1. The van der Waals surface area contributed by atoms with Crippen LogP contribution in [0.3, 0.4) is 0 Å². The fourth-order valence-electron chi connectivity index (χ4n) is 1.67. The number of aliphatic hydroxyl groups is 1. The highest BCUT2D eigenvalue weighted by Crippen LogP contribution is 2.37. The first-order chi connectivity index (χ1) is 9.45. The summed E-state index contributed by atoms with van der Waals surface area (Å²) in [6.45, 7) is 13.3. The van der Waals surface area contributed by atoms with Crippen molar-refractivity contribution in [3.05, 3.63) is 33.8 Å². The third kappa shape index (κ3) is 4.97. The van der Waals surface area contributed by atoms with E-state index in [2.05, 4.69) is 33.9 Å². The molecule has 0 fully saturated rings. The van der Waals surface area contributed by atoms with Crippen LogP contribution in [0.1, 0.15) is 39.2 Å². The van der Waals surface area contributed by atoms with Crippen LogP contribution in [-0.4, -0.2) is 26.1 Å². The van der Waals surface area contributed by atoms with E-state index >= 15 is 0 Å². The molecule has 0 bridgehead atoms. The summed E-state index contributed by atoms with van der Waals surface area (Å²) in [5.41, 5.74) is 0.968. The van der Waals surface area contributed by atoms with Gasteiger partial charge in [-0.05, 0) is 35.8 Å². The van der Waals surface area contributed by atoms with Crippen LogP contribution in [0.15, 0.2) is 18.2 Å². The van der Waals surface area contributed by atoms with Crippen molar-refractivity contribution >= 4 is 31.5 Å². The van der Waals surface area contributed by atoms with Crippen LogP contribution in [0.2, 0.25) is 28.2 Å². The standard InChI is InChI=1S/C16H26Cl2O2Si/c1-11(12-7-8-13(17)14(18)9-12)15(19)10-20-21(5,6)16(2,3)4/h7-9,11,15,19H,10H2,1-6H3/t11-,15+/m1/s1. The Morgan fingerprint density at radius 1 is 1.19 bits per heavy atom. The molecule has 0 saturated heterocycles. The predicted octanol–water partition coefficient (Wildman–Crippen LogP) is 5.48. The molecule has 0 amide bonds. The second-order valence-electron chi connectivity index (χ2n) is 7.10. The normalized spacial score (nSPS) is 15.9. The quantitative estimate of drug-likeness (QED) is 0.713. The highest BCUT2D eigenvalue weighted by atomic mass is 35.5. The molecule has 0 aliphatic carbocycles. The van der Waals surface area contributed by atoms with Crippen LogP contribution in [0, 0.1) is 0 Å². The number of halogens is 2. The fraction of sp³-hybridized carbons (Fsp3) is 0.625. The van der Waals surface area contributed by atoms with Crippen LogP contribution < -0.4 is 0 Å². The van der Waals surface area contributed by atoms with Gasteiger partial charge in [0, 0.05) is 5.92 Å². The van der Waals surface area contributed by atoms with Crippen LogP contribution in [-0.2, 0) is 4.43 Å². The molecule has 0 aliphatic rings. The minimum Gasteiger partial charge on any atom is -0.414 e. The molecule has 1 N–H and O–H groups in total. The maximum atomic E-state index is 10.4. The van der Waals surface area contributed by atoms with Crippen LogP contribution in [0.4, 0.5) is 0 Å². The van der Waals surface area contributed by atoms with Gasteiger partial charge in [-0.1, -0.05) is 57.0 Å². The Morgan fingerprint density at radius 3 is 2.24 bits per heavy atom. The Labute approximate surface area is 139 Å². The lowest BCUT2D eigenvalue weighted by atomic mass is 9.96. The minimum absolute atomic E-state index is 0.0514. The van der Waals surface area contributed by atoms with Crippen LogP contribution in [0.5, 0.6) is 0 Å². The summed E-state index contributed by atoms with van der Waals surface area (Å²) in [6, 6.07) is 5.47. The second kappa shape index (κ2) is 7.01. The van der Waals surface area contributed by atoms with E-state index in [1.54, 1.807) is 6.07 Å². The molecule has 1 rings (SSSR count). The summed E-state index contributed by atoms with van der Waals surface area (Å²) < 4.78 is 6.08. The average molecular weight is 349 g/mol. The van der Waals surface area contributed by atoms with Crippen molar-refractivity contribution in [3.8, 4) is 0 Å². The van der Waals surface area contributed by atoms with Crippen molar-refractivity contribution in [2.45, 2.75) is 57.8 Å². The molecule has 0 radical (unpaired) electrons. The first-order valence-electron chi connectivity index (χ1n) is 7.22. The molecule has 0 aromatic heterocycles. The fourth-order valence-corrected chi connectivity index (χ4v) is 3.00. The van der Waals surface area contributed by atoms with E-state index in [0.717, 1.165) is 5.56 Å². The monoisotopic (exact) mass is 348 g/mol. The Morgan fingerprint density at radius 2 is 1.76 bits per heavy atom. The summed E-state index contributed by atoms with van der Waals surface area (Å²) in [7, 11) is -1.84. The van der Waals surface area contributed by atoms with Gasteiger partial charge in [0.15, 0.2) is 8.32 Å². The molecular weight excluding hydrogens is 323 g/mol. The minimum atomic E-state index is -1.84. The molecule has 5 heteroatoms. The van der Waals surface area contributed by atoms with E-state index in [4.69, 9.17) is 27.6 Å².